The van der Waals surface area contributed by atoms with Crippen molar-refractivity contribution in [2.75, 3.05) is 13.1 Å². The van der Waals surface area contributed by atoms with Crippen LogP contribution in [0.4, 0.5) is 0 Å². The Morgan fingerprint density at radius 2 is 1.93 bits per heavy atom. The van der Waals surface area contributed by atoms with E-state index in [2.05, 4.69) is 17.9 Å². The van der Waals surface area contributed by atoms with Crippen LogP contribution in [-0.4, -0.2) is 29.5 Å². The number of carbonyl (C=O) groups is 1. The van der Waals surface area contributed by atoms with Crippen LogP contribution in [0.15, 0.2) is 0 Å². The molecule has 4 nitrogen and oxygen atoms in total. The zero-order valence-electron chi connectivity index (χ0n) is 9.26. The van der Waals surface area contributed by atoms with Crippen molar-refractivity contribution >= 4 is 18.6 Å². The Morgan fingerprint density at radius 3 is 2.29 bits per heavy atom. The van der Waals surface area contributed by atoms with E-state index in [0.29, 0.717) is 6.54 Å². The van der Waals surface area contributed by atoms with Crippen molar-refractivity contribution in [2.45, 2.75) is 38.2 Å². The number of hydrogen-bond acceptors (Lipinski definition) is 5. The summed E-state index contributed by atoms with van der Waals surface area (Å²) in [5, 5.41) is 2.90. The minimum Gasteiger partial charge on any atom is -0.459 e. The first-order valence-corrected chi connectivity index (χ1v) is 5.00. The van der Waals surface area contributed by atoms with E-state index < -0.39 is 10.5 Å². The van der Waals surface area contributed by atoms with Crippen LogP contribution in [0, 0.1) is 0 Å². The number of hydrogen-bond donors (Lipinski definition) is 3. The van der Waals surface area contributed by atoms with E-state index in [1.807, 2.05) is 20.8 Å². The molecule has 0 heterocycles. The molecule has 0 amide bonds. The number of esters is 1. The summed E-state index contributed by atoms with van der Waals surface area (Å²) in [6, 6.07) is 0. The predicted octanol–water partition coefficient (Wildman–Crippen LogP) is 0.522. The largest absolute Gasteiger partial charge is 0.459 e. The summed E-state index contributed by atoms with van der Waals surface area (Å²) in [4.78, 5) is 10.7. The predicted molar refractivity (Wildman–Crippen MR) is 60.3 cm³/mol. The van der Waals surface area contributed by atoms with Crippen molar-refractivity contribution in [1.29, 1.82) is 0 Å². The van der Waals surface area contributed by atoms with Crippen molar-refractivity contribution < 1.29 is 9.53 Å². The Balaban J connectivity index is 3.87. The van der Waals surface area contributed by atoms with Crippen molar-refractivity contribution in [3.05, 3.63) is 0 Å². The summed E-state index contributed by atoms with van der Waals surface area (Å²) in [6.45, 7) is 7.75. The third-order valence-electron chi connectivity index (χ3n) is 1.43. The normalized spacial score (nSPS) is 16.1. The standard InChI is InChI=1S/C9H20N2O2S/c1-8(2,3)13-7(12)5-11-9(4,14)6-10/h11,14H,5-6,10H2,1-4H3. The van der Waals surface area contributed by atoms with E-state index >= 15 is 0 Å². The first kappa shape index (κ1) is 13.7. The molecule has 0 aliphatic heterocycles. The summed E-state index contributed by atoms with van der Waals surface area (Å²) in [6.07, 6.45) is 0. The highest BCUT2D eigenvalue weighted by molar-refractivity contribution is 7.81. The van der Waals surface area contributed by atoms with Gasteiger partial charge in [0.15, 0.2) is 0 Å². The molecule has 1 atom stereocenters. The van der Waals surface area contributed by atoms with Gasteiger partial charge >= 0.3 is 5.97 Å². The van der Waals surface area contributed by atoms with Crippen LogP contribution in [0.2, 0.25) is 0 Å². The first-order chi connectivity index (χ1) is 6.16. The first-order valence-electron chi connectivity index (χ1n) is 4.55. The average Bonchev–Trinajstić information content (AvgIpc) is 1.98. The monoisotopic (exact) mass is 220 g/mol. The Kier molecular flexibility index (Phi) is 4.91. The van der Waals surface area contributed by atoms with Gasteiger partial charge in [-0.05, 0) is 27.7 Å². The molecule has 0 aliphatic carbocycles. The van der Waals surface area contributed by atoms with Crippen molar-refractivity contribution in [3.63, 3.8) is 0 Å². The molecule has 0 rings (SSSR count). The quantitative estimate of drug-likeness (QED) is 0.367. The van der Waals surface area contributed by atoms with Gasteiger partial charge in [-0.15, -0.1) is 0 Å². The molecule has 0 spiro atoms. The van der Waals surface area contributed by atoms with Gasteiger partial charge in [-0.2, -0.15) is 12.6 Å². The highest BCUT2D eigenvalue weighted by atomic mass is 32.1. The van der Waals surface area contributed by atoms with Crippen LogP contribution >= 0.6 is 12.6 Å². The summed E-state index contributed by atoms with van der Waals surface area (Å²) in [5.41, 5.74) is 4.98. The van der Waals surface area contributed by atoms with Crippen LogP contribution in [0.1, 0.15) is 27.7 Å². The fourth-order valence-electron chi connectivity index (χ4n) is 0.712. The van der Waals surface area contributed by atoms with Crippen LogP contribution in [0.25, 0.3) is 0 Å². The maximum atomic E-state index is 11.3. The second kappa shape index (κ2) is 5.00. The van der Waals surface area contributed by atoms with E-state index in [4.69, 9.17) is 10.5 Å². The summed E-state index contributed by atoms with van der Waals surface area (Å²) < 4.78 is 5.10. The van der Waals surface area contributed by atoms with Gasteiger partial charge in [0.1, 0.15) is 5.60 Å². The van der Waals surface area contributed by atoms with Gasteiger partial charge in [0.2, 0.25) is 0 Å². The van der Waals surface area contributed by atoms with Gasteiger partial charge in [-0.3, -0.25) is 10.1 Å². The van der Waals surface area contributed by atoms with Crippen molar-refractivity contribution in [1.82, 2.24) is 5.32 Å². The molecule has 0 saturated carbocycles. The topological polar surface area (TPSA) is 64.3 Å². The molecular formula is C9H20N2O2S. The van der Waals surface area contributed by atoms with E-state index in [9.17, 15) is 4.79 Å². The lowest BCUT2D eigenvalue weighted by molar-refractivity contribution is -0.153. The van der Waals surface area contributed by atoms with Crippen LogP contribution in [-0.2, 0) is 9.53 Å². The van der Waals surface area contributed by atoms with Crippen molar-refractivity contribution in [3.8, 4) is 0 Å². The fraction of sp³-hybridized carbons (Fsp3) is 0.889. The fourth-order valence-corrected chi connectivity index (χ4v) is 0.791. The summed E-state index contributed by atoms with van der Waals surface area (Å²) >= 11 is 4.23. The molecule has 0 aromatic heterocycles. The van der Waals surface area contributed by atoms with Gasteiger partial charge in [0.05, 0.1) is 11.4 Å². The number of ether oxygens (including phenoxy) is 1. The zero-order chi connectivity index (χ0) is 11.4. The lowest BCUT2D eigenvalue weighted by Crippen LogP contribution is -2.46. The van der Waals surface area contributed by atoms with Gasteiger partial charge < -0.3 is 10.5 Å². The van der Waals surface area contributed by atoms with Gasteiger partial charge in [-0.25, -0.2) is 0 Å². The van der Waals surface area contributed by atoms with E-state index in [1.54, 1.807) is 6.92 Å². The Bertz CT molecular complexity index is 199. The minimum atomic E-state index is -0.531. The Morgan fingerprint density at radius 1 is 1.43 bits per heavy atom. The molecule has 0 aromatic carbocycles. The molecule has 3 N–H and O–H groups in total. The Hall–Kier alpha value is -0.260. The molecular weight excluding hydrogens is 200 g/mol. The number of rotatable bonds is 4. The number of nitrogens with two attached hydrogens (primary N) is 1. The number of nitrogens with one attached hydrogen (secondary N) is 1. The summed E-state index contributed by atoms with van der Waals surface area (Å²) in [7, 11) is 0. The highest BCUT2D eigenvalue weighted by Gasteiger charge is 2.20. The van der Waals surface area contributed by atoms with Crippen LogP contribution < -0.4 is 11.1 Å². The Labute approximate surface area is 91.0 Å². The third kappa shape index (κ3) is 7.17. The summed E-state index contributed by atoms with van der Waals surface area (Å²) in [5.74, 6) is -0.300. The van der Waals surface area contributed by atoms with Gasteiger partial charge in [0.25, 0.3) is 0 Å². The molecule has 0 aliphatic rings. The second-order valence-electron chi connectivity index (χ2n) is 4.42. The maximum absolute atomic E-state index is 11.3. The number of carbonyl (C=O) groups excluding carboxylic acids is 1. The average molecular weight is 220 g/mol. The molecule has 0 bridgehead atoms. The lowest BCUT2D eigenvalue weighted by Gasteiger charge is -2.24. The molecule has 5 heteroatoms. The maximum Gasteiger partial charge on any atom is 0.320 e. The second-order valence-corrected chi connectivity index (χ2v) is 5.41. The van der Waals surface area contributed by atoms with E-state index in [-0.39, 0.29) is 12.5 Å². The van der Waals surface area contributed by atoms with Crippen LogP contribution in [0.5, 0.6) is 0 Å². The molecule has 0 radical (unpaired) electrons. The molecule has 0 fully saturated rings. The highest BCUT2D eigenvalue weighted by Crippen LogP contribution is 2.08. The van der Waals surface area contributed by atoms with Gasteiger partial charge in [0, 0.05) is 6.54 Å². The zero-order valence-corrected chi connectivity index (χ0v) is 10.1. The molecule has 14 heavy (non-hydrogen) atoms. The third-order valence-corrected chi connectivity index (χ3v) is 1.77. The van der Waals surface area contributed by atoms with Crippen molar-refractivity contribution in [2.24, 2.45) is 5.73 Å². The molecule has 1 unspecified atom stereocenters. The van der Waals surface area contributed by atoms with Gasteiger partial charge in [-0.1, -0.05) is 0 Å². The molecule has 0 saturated heterocycles. The SMILES string of the molecule is CC(S)(CN)NCC(=O)OC(C)(C)C. The minimum absolute atomic E-state index is 0.120. The molecule has 0 aromatic rings. The smallest absolute Gasteiger partial charge is 0.320 e. The van der Waals surface area contributed by atoms with E-state index in [1.165, 1.54) is 0 Å². The molecule has 84 valence electrons. The number of thiol groups is 1. The lowest BCUT2D eigenvalue weighted by atomic mass is 10.2. The van der Waals surface area contributed by atoms with Crippen LogP contribution in [0.3, 0.4) is 0 Å². The van der Waals surface area contributed by atoms with E-state index in [0.717, 1.165) is 0 Å².